The number of Topliss-reactive ketones (excluding diaryl/α,β-unsaturated/α-hetero) is 1. The van der Waals surface area contributed by atoms with Crippen molar-refractivity contribution in [2.24, 2.45) is 0 Å². The second kappa shape index (κ2) is 9.81. The van der Waals surface area contributed by atoms with Crippen molar-refractivity contribution in [3.8, 4) is 17.2 Å². The summed E-state index contributed by atoms with van der Waals surface area (Å²) in [6.45, 7) is 8.66. The Morgan fingerprint density at radius 2 is 1.80 bits per heavy atom. The summed E-state index contributed by atoms with van der Waals surface area (Å²) in [6.07, 6.45) is -5.71. The molecule has 10 heteroatoms. The van der Waals surface area contributed by atoms with E-state index in [1.54, 1.807) is 20.8 Å². The lowest BCUT2D eigenvalue weighted by molar-refractivity contribution is -0.274. The van der Waals surface area contributed by atoms with Crippen molar-refractivity contribution < 1.29 is 41.7 Å². The second-order valence-corrected chi connectivity index (χ2v) is 7.81. The third-order valence-electron chi connectivity index (χ3n) is 5.42. The van der Waals surface area contributed by atoms with Gasteiger partial charge in [-0.25, -0.2) is 9.18 Å². The van der Waals surface area contributed by atoms with E-state index in [0.717, 1.165) is 24.3 Å². The highest BCUT2D eigenvalue weighted by Crippen LogP contribution is 2.36. The number of nitrogens with zero attached hydrogens (tertiary/aromatic N) is 1. The number of allylic oxidation sites excluding steroid dienone is 1. The average molecular weight is 493 g/mol. The molecule has 0 aliphatic rings. The van der Waals surface area contributed by atoms with Gasteiger partial charge < -0.3 is 19.1 Å². The van der Waals surface area contributed by atoms with Crippen LogP contribution in [0.5, 0.6) is 11.5 Å². The number of ether oxygens (including phenoxy) is 2. The van der Waals surface area contributed by atoms with Crippen LogP contribution in [0.3, 0.4) is 0 Å². The Kier molecular flexibility index (Phi) is 7.23. The van der Waals surface area contributed by atoms with Gasteiger partial charge in [-0.3, -0.25) is 4.79 Å². The van der Waals surface area contributed by atoms with E-state index in [1.807, 2.05) is 0 Å². The minimum atomic E-state index is -4.94. The molecule has 0 bridgehead atoms. The zero-order valence-electron chi connectivity index (χ0n) is 19.2. The molecule has 1 aromatic heterocycles. The fraction of sp³-hybridized carbons (Fsp3) is 0.280. The normalized spacial score (nSPS) is 12.4. The number of carbonyl (C=O) groups excluding carboxylic acids is 1. The van der Waals surface area contributed by atoms with Gasteiger partial charge in [0.25, 0.3) is 0 Å². The number of carboxylic acid groups (broad SMARTS) is 1. The van der Waals surface area contributed by atoms with Gasteiger partial charge in [0.15, 0.2) is 11.9 Å². The zero-order chi connectivity index (χ0) is 26.1. The Morgan fingerprint density at radius 1 is 1.11 bits per heavy atom. The predicted octanol–water partition coefficient (Wildman–Crippen LogP) is 6.37. The number of alkyl halides is 3. The fourth-order valence-corrected chi connectivity index (χ4v) is 3.77. The van der Waals surface area contributed by atoms with Gasteiger partial charge >= 0.3 is 12.3 Å². The van der Waals surface area contributed by atoms with Gasteiger partial charge in [-0.05, 0) is 43.5 Å². The molecule has 35 heavy (non-hydrogen) atoms. The van der Waals surface area contributed by atoms with E-state index in [2.05, 4.69) is 11.3 Å². The molecule has 0 aliphatic carbocycles. The smallest absolute Gasteiger partial charge is 0.479 e. The summed E-state index contributed by atoms with van der Waals surface area (Å²) < 4.78 is 63.9. The number of fused-ring (bicyclic) bond motifs is 1. The van der Waals surface area contributed by atoms with Crippen LogP contribution in [0.25, 0.3) is 16.6 Å². The van der Waals surface area contributed by atoms with E-state index >= 15 is 0 Å². The van der Waals surface area contributed by atoms with Crippen molar-refractivity contribution in [3.05, 3.63) is 65.6 Å². The molecule has 3 aromatic rings. The lowest BCUT2D eigenvalue weighted by Crippen LogP contribution is -2.26. The molecular formula is C25H23F4NO5. The van der Waals surface area contributed by atoms with E-state index < -0.39 is 35.8 Å². The Balaban J connectivity index is 2.28. The monoisotopic (exact) mass is 493 g/mol. The number of carbonyl (C=O) groups is 2. The Bertz CT molecular complexity index is 1310. The Morgan fingerprint density at radius 3 is 2.37 bits per heavy atom. The highest BCUT2D eigenvalue weighted by molar-refractivity contribution is 6.17. The molecule has 186 valence electrons. The van der Waals surface area contributed by atoms with Crippen LogP contribution in [0, 0.1) is 12.7 Å². The summed E-state index contributed by atoms with van der Waals surface area (Å²) in [7, 11) is 0. The topological polar surface area (TPSA) is 77.8 Å². The first-order chi connectivity index (χ1) is 16.4. The van der Waals surface area contributed by atoms with Crippen LogP contribution < -0.4 is 9.47 Å². The number of hydrogen-bond acceptors (Lipinski definition) is 4. The summed E-state index contributed by atoms with van der Waals surface area (Å²) in [4.78, 5) is 24.4. The number of benzene rings is 2. The van der Waals surface area contributed by atoms with Gasteiger partial charge in [0.2, 0.25) is 0 Å². The zero-order valence-corrected chi connectivity index (χ0v) is 19.2. The van der Waals surface area contributed by atoms with E-state index in [4.69, 9.17) is 4.74 Å². The summed E-state index contributed by atoms with van der Waals surface area (Å²) >= 11 is 0. The van der Waals surface area contributed by atoms with Gasteiger partial charge in [0.05, 0.1) is 16.8 Å². The van der Waals surface area contributed by atoms with Gasteiger partial charge in [0.1, 0.15) is 17.3 Å². The third-order valence-corrected chi connectivity index (χ3v) is 5.42. The van der Waals surface area contributed by atoms with Crippen LogP contribution >= 0.6 is 0 Å². The SMILES string of the molecule is C=C(CC)C(=O)c1c(C)n(-c2cc(F)cc(O[C@H](CC)C(=O)O)c2)c2cc(OC(F)(F)F)ccc12. The molecule has 0 fully saturated rings. The highest BCUT2D eigenvalue weighted by atomic mass is 19.4. The molecular weight excluding hydrogens is 470 g/mol. The van der Waals surface area contributed by atoms with Crippen molar-refractivity contribution in [3.63, 3.8) is 0 Å². The Labute approximate surface area is 198 Å². The number of carboxylic acids is 1. The third kappa shape index (κ3) is 5.47. The second-order valence-electron chi connectivity index (χ2n) is 7.81. The molecule has 2 aromatic carbocycles. The molecule has 6 nitrogen and oxygen atoms in total. The molecule has 0 saturated heterocycles. The van der Waals surface area contributed by atoms with Crippen molar-refractivity contribution in [2.45, 2.75) is 46.1 Å². The van der Waals surface area contributed by atoms with Crippen molar-refractivity contribution >= 4 is 22.7 Å². The lowest BCUT2D eigenvalue weighted by atomic mass is 10.00. The number of hydrogen-bond donors (Lipinski definition) is 1. The first-order valence-electron chi connectivity index (χ1n) is 10.7. The van der Waals surface area contributed by atoms with Crippen molar-refractivity contribution in [1.29, 1.82) is 0 Å². The van der Waals surface area contributed by atoms with Gasteiger partial charge in [-0.1, -0.05) is 20.4 Å². The highest BCUT2D eigenvalue weighted by Gasteiger charge is 2.32. The molecule has 0 aliphatic heterocycles. The molecule has 1 N–H and O–H groups in total. The standard InChI is InChI=1S/C25H23F4NO5/c1-5-13(3)23(31)22-14(4)30(20-12-17(7-8-19(20)22)35-25(27,28)29)16-9-15(26)10-18(11-16)34-21(6-2)24(32)33/h7-12,21H,3,5-6H2,1-2,4H3,(H,32,33)/t21-/m1/s1. The first-order valence-corrected chi connectivity index (χ1v) is 10.7. The first kappa shape index (κ1) is 25.8. The molecule has 3 rings (SSSR count). The van der Waals surface area contributed by atoms with Crippen molar-refractivity contribution in [2.75, 3.05) is 0 Å². The summed E-state index contributed by atoms with van der Waals surface area (Å²) in [5.74, 6) is -3.03. The molecule has 1 atom stereocenters. The molecule has 0 saturated carbocycles. The fourth-order valence-electron chi connectivity index (χ4n) is 3.77. The number of aliphatic carboxylic acids is 1. The van der Waals surface area contributed by atoms with Gasteiger partial charge in [0, 0.05) is 29.3 Å². The van der Waals surface area contributed by atoms with Crippen LogP contribution in [-0.2, 0) is 4.79 Å². The summed E-state index contributed by atoms with van der Waals surface area (Å²) in [5, 5.41) is 9.58. The number of halogens is 4. The van der Waals surface area contributed by atoms with Crippen LogP contribution in [0.4, 0.5) is 17.6 Å². The van der Waals surface area contributed by atoms with Crippen molar-refractivity contribution in [1.82, 2.24) is 4.57 Å². The summed E-state index contributed by atoms with van der Waals surface area (Å²) in [6, 6.07) is 6.95. The van der Waals surface area contributed by atoms with E-state index in [-0.39, 0.29) is 28.9 Å². The number of ketones is 1. The van der Waals surface area contributed by atoms with Crippen LogP contribution in [-0.4, -0.2) is 33.9 Å². The minimum Gasteiger partial charge on any atom is -0.479 e. The largest absolute Gasteiger partial charge is 0.573 e. The maximum absolute atomic E-state index is 14.6. The van der Waals surface area contributed by atoms with Crippen LogP contribution in [0.2, 0.25) is 0 Å². The number of aromatic nitrogens is 1. The van der Waals surface area contributed by atoms with Gasteiger partial charge in [-0.2, -0.15) is 0 Å². The van der Waals surface area contributed by atoms with Crippen LogP contribution in [0.1, 0.15) is 42.7 Å². The van der Waals surface area contributed by atoms with E-state index in [0.29, 0.717) is 23.1 Å². The summed E-state index contributed by atoms with van der Waals surface area (Å²) in [5.41, 5.74) is 1.09. The van der Waals surface area contributed by atoms with E-state index in [1.165, 1.54) is 16.7 Å². The van der Waals surface area contributed by atoms with E-state index in [9.17, 15) is 32.3 Å². The lowest BCUT2D eigenvalue weighted by Gasteiger charge is -2.16. The minimum absolute atomic E-state index is 0.0935. The quantitative estimate of drug-likeness (QED) is 0.213. The van der Waals surface area contributed by atoms with Gasteiger partial charge in [-0.15, -0.1) is 13.2 Å². The molecule has 0 radical (unpaired) electrons. The molecule has 0 spiro atoms. The Hall–Kier alpha value is -3.82. The maximum Gasteiger partial charge on any atom is 0.573 e. The molecule has 0 unspecified atom stereocenters. The average Bonchev–Trinajstić information content (AvgIpc) is 3.05. The van der Waals surface area contributed by atoms with Crippen LogP contribution in [0.15, 0.2) is 48.6 Å². The number of rotatable bonds is 9. The maximum atomic E-state index is 14.6. The molecule has 0 amide bonds. The predicted molar refractivity (Wildman–Crippen MR) is 121 cm³/mol. The molecule has 1 heterocycles.